The minimum absolute atomic E-state index is 0. The van der Waals surface area contributed by atoms with Gasteiger partial charge in [0.1, 0.15) is 0 Å². The molecule has 0 aromatic heterocycles. The first-order valence-electron chi connectivity index (χ1n) is 2.57. The SMILES string of the molecule is CCCCP(=O)([O-])[O-].[Fe+2]. The van der Waals surface area contributed by atoms with Crippen molar-refractivity contribution in [3.63, 3.8) is 0 Å². The van der Waals surface area contributed by atoms with Crippen LogP contribution in [0.2, 0.25) is 0 Å². The van der Waals surface area contributed by atoms with Crippen LogP contribution >= 0.6 is 7.60 Å². The van der Waals surface area contributed by atoms with Crippen molar-refractivity contribution >= 4 is 7.60 Å². The van der Waals surface area contributed by atoms with Crippen molar-refractivity contribution in [3.05, 3.63) is 0 Å². The largest absolute Gasteiger partial charge is 2.00 e. The van der Waals surface area contributed by atoms with Crippen molar-refractivity contribution < 1.29 is 31.4 Å². The van der Waals surface area contributed by atoms with E-state index >= 15 is 0 Å². The van der Waals surface area contributed by atoms with Gasteiger partial charge in [0.25, 0.3) is 0 Å². The Labute approximate surface area is 65.5 Å². The van der Waals surface area contributed by atoms with Crippen LogP contribution in [-0.4, -0.2) is 6.16 Å². The van der Waals surface area contributed by atoms with E-state index in [1.165, 1.54) is 0 Å². The van der Waals surface area contributed by atoms with Crippen LogP contribution in [0.4, 0.5) is 0 Å². The van der Waals surface area contributed by atoms with Crippen LogP contribution in [0, 0.1) is 0 Å². The minimum Gasteiger partial charge on any atom is -0.811 e. The summed E-state index contributed by atoms with van der Waals surface area (Å²) < 4.78 is 9.86. The molecule has 0 unspecified atom stereocenters. The van der Waals surface area contributed by atoms with Gasteiger partial charge in [0.2, 0.25) is 0 Å². The van der Waals surface area contributed by atoms with Crippen LogP contribution in [0.25, 0.3) is 0 Å². The number of rotatable bonds is 3. The first-order valence-corrected chi connectivity index (χ1v) is 4.30. The van der Waals surface area contributed by atoms with E-state index in [-0.39, 0.29) is 23.2 Å². The Balaban J connectivity index is 0. The smallest absolute Gasteiger partial charge is 0.811 e. The molecule has 0 aromatic carbocycles. The summed E-state index contributed by atoms with van der Waals surface area (Å²) in [7, 11) is -4.18. The molecule has 3 nitrogen and oxygen atoms in total. The third-order valence-corrected chi connectivity index (χ3v) is 1.65. The molecule has 0 aliphatic carbocycles. The molecule has 0 spiro atoms. The van der Waals surface area contributed by atoms with Crippen LogP contribution in [0.1, 0.15) is 19.8 Å². The van der Waals surface area contributed by atoms with Crippen LogP contribution in [0.15, 0.2) is 0 Å². The van der Waals surface area contributed by atoms with E-state index in [0.29, 0.717) is 6.42 Å². The van der Waals surface area contributed by atoms with Gasteiger partial charge in [-0.15, -0.1) is 0 Å². The molecule has 5 heteroatoms. The normalized spacial score (nSPS) is 10.6. The second-order valence-electron chi connectivity index (χ2n) is 1.69. The van der Waals surface area contributed by atoms with Gasteiger partial charge in [-0.1, -0.05) is 20.9 Å². The van der Waals surface area contributed by atoms with Crippen molar-refractivity contribution in [2.45, 2.75) is 19.8 Å². The molecule has 0 heterocycles. The molecule has 0 aliphatic heterocycles. The van der Waals surface area contributed by atoms with Gasteiger partial charge < -0.3 is 14.4 Å². The Bertz CT molecular complexity index is 100.0. The topological polar surface area (TPSA) is 63.2 Å². The quantitative estimate of drug-likeness (QED) is 0.455. The van der Waals surface area contributed by atoms with E-state index in [1.54, 1.807) is 0 Å². The molecule has 0 fully saturated rings. The van der Waals surface area contributed by atoms with Gasteiger partial charge in [-0.3, -0.25) is 0 Å². The first-order chi connectivity index (χ1) is 3.56. The molecule has 0 aliphatic rings. The summed E-state index contributed by atoms with van der Waals surface area (Å²) in [5.41, 5.74) is 0. The molecule has 0 rings (SSSR count). The van der Waals surface area contributed by atoms with E-state index in [9.17, 15) is 14.4 Å². The maximum absolute atomic E-state index is 9.86. The van der Waals surface area contributed by atoms with E-state index in [4.69, 9.17) is 0 Å². The Kier molecular flexibility index (Phi) is 7.49. The third kappa shape index (κ3) is 12.0. The molecule has 56 valence electrons. The average Bonchev–Trinajstić information content (AvgIpc) is 1.59. The zero-order chi connectivity index (χ0) is 6.62. The fourth-order valence-electron chi connectivity index (χ4n) is 0.352. The van der Waals surface area contributed by atoms with E-state index < -0.39 is 7.60 Å². The predicted molar refractivity (Wildman–Crippen MR) is 27.4 cm³/mol. The van der Waals surface area contributed by atoms with Gasteiger partial charge in [-0.25, -0.2) is 0 Å². The van der Waals surface area contributed by atoms with Crippen molar-refractivity contribution in [1.29, 1.82) is 0 Å². The van der Waals surface area contributed by atoms with Crippen molar-refractivity contribution in [2.75, 3.05) is 6.16 Å². The second kappa shape index (κ2) is 5.45. The predicted octanol–water partition coefficient (Wildman–Crippen LogP) is -0.302. The molecule has 0 saturated heterocycles. The van der Waals surface area contributed by atoms with Gasteiger partial charge in [0, 0.05) is 0 Å². The van der Waals surface area contributed by atoms with Crippen LogP contribution < -0.4 is 9.79 Å². The molecular formula is C4H9FeO3P. The van der Waals surface area contributed by atoms with Crippen LogP contribution in [-0.2, 0) is 21.6 Å². The van der Waals surface area contributed by atoms with E-state index in [2.05, 4.69) is 0 Å². The summed E-state index contributed by atoms with van der Waals surface area (Å²) in [6, 6.07) is 0. The minimum atomic E-state index is -4.18. The Hall–Kier alpha value is 0.669. The first kappa shape index (κ1) is 12.4. The fraction of sp³-hybridized carbons (Fsp3) is 1.00. The van der Waals surface area contributed by atoms with Crippen molar-refractivity contribution in [2.24, 2.45) is 0 Å². The summed E-state index contributed by atoms with van der Waals surface area (Å²) in [5.74, 6) is 0. The van der Waals surface area contributed by atoms with Gasteiger partial charge in [0.05, 0.1) is 0 Å². The Morgan fingerprint density at radius 1 is 1.44 bits per heavy atom. The van der Waals surface area contributed by atoms with Crippen LogP contribution in [0.5, 0.6) is 0 Å². The standard InChI is InChI=1S/C4H11O3P.Fe/c1-2-3-4-8(5,6)7;/h2-4H2,1H3,(H2,5,6,7);/q;+2/p-2. The average molecular weight is 192 g/mol. The maximum atomic E-state index is 9.86. The van der Waals surface area contributed by atoms with Gasteiger partial charge in [-0.05, 0) is 12.6 Å². The number of unbranched alkanes of at least 4 members (excludes halogenated alkanes) is 1. The molecule has 0 saturated carbocycles. The molecule has 0 N–H and O–H groups in total. The summed E-state index contributed by atoms with van der Waals surface area (Å²) in [6.07, 6.45) is 1.06. The molecule has 9 heavy (non-hydrogen) atoms. The van der Waals surface area contributed by atoms with Gasteiger partial charge >= 0.3 is 17.1 Å². The van der Waals surface area contributed by atoms with Gasteiger partial charge in [-0.2, -0.15) is 0 Å². The molecular weight excluding hydrogens is 183 g/mol. The van der Waals surface area contributed by atoms with Crippen LogP contribution in [0.3, 0.4) is 0 Å². The summed E-state index contributed by atoms with van der Waals surface area (Å²) in [6.45, 7) is 1.84. The van der Waals surface area contributed by atoms with Gasteiger partial charge in [0.15, 0.2) is 0 Å². The molecule has 0 radical (unpaired) electrons. The van der Waals surface area contributed by atoms with E-state index in [0.717, 1.165) is 6.42 Å². The molecule has 0 atom stereocenters. The molecule has 0 bridgehead atoms. The number of hydrogen-bond acceptors (Lipinski definition) is 3. The second-order valence-corrected chi connectivity index (χ2v) is 3.36. The zero-order valence-corrected chi connectivity index (χ0v) is 7.15. The maximum Gasteiger partial charge on any atom is 2.00 e. The zero-order valence-electron chi connectivity index (χ0n) is 5.15. The Morgan fingerprint density at radius 3 is 2.00 bits per heavy atom. The summed E-state index contributed by atoms with van der Waals surface area (Å²) >= 11 is 0. The third-order valence-electron chi connectivity index (χ3n) is 0.786. The number of hydrogen-bond donors (Lipinski definition) is 0. The van der Waals surface area contributed by atoms with Crippen molar-refractivity contribution in [3.8, 4) is 0 Å². The fourth-order valence-corrected chi connectivity index (χ4v) is 1.06. The summed E-state index contributed by atoms with van der Waals surface area (Å²) in [5, 5.41) is 0. The molecule has 0 amide bonds. The van der Waals surface area contributed by atoms with E-state index in [1.807, 2.05) is 6.92 Å². The van der Waals surface area contributed by atoms with Crippen molar-refractivity contribution in [1.82, 2.24) is 0 Å². The Morgan fingerprint density at radius 2 is 1.89 bits per heavy atom. The molecule has 0 aromatic rings. The summed E-state index contributed by atoms with van der Waals surface area (Å²) in [4.78, 5) is 19.7. The monoisotopic (exact) mass is 192 g/mol.